The van der Waals surface area contributed by atoms with E-state index in [1.165, 1.54) is 12.8 Å². The number of rotatable bonds is 13. The molecule has 3 nitrogen and oxygen atoms in total. The van der Waals surface area contributed by atoms with Crippen molar-refractivity contribution < 1.29 is 14.7 Å². The fourth-order valence-electron chi connectivity index (χ4n) is 4.21. The first-order chi connectivity index (χ1) is 13.9. The monoisotopic (exact) mass is 412 g/mol. The summed E-state index contributed by atoms with van der Waals surface area (Å²) < 4.78 is 0. The summed E-state index contributed by atoms with van der Waals surface area (Å²) >= 11 is 0. The van der Waals surface area contributed by atoms with Crippen LogP contribution in [0.15, 0.2) is 60.7 Å². The van der Waals surface area contributed by atoms with E-state index in [4.69, 9.17) is 5.11 Å². The lowest BCUT2D eigenvalue weighted by molar-refractivity contribution is -0.137. The zero-order valence-electron chi connectivity index (χ0n) is 17.9. The molecule has 2 aromatic carbocycles. The van der Waals surface area contributed by atoms with E-state index in [0.717, 1.165) is 48.9 Å². The molecule has 0 aliphatic rings. The normalized spacial score (nSPS) is 12.1. The predicted octanol–water partition coefficient (Wildman–Crippen LogP) is 5.11. The smallest absolute Gasteiger partial charge is 0.303 e. The molecule has 158 valence electrons. The Morgan fingerprint density at radius 3 is 1.62 bits per heavy atom. The fraction of sp³-hybridized carbons (Fsp3) is 0.480. The standard InChI is InChI=1S/C25H36O3Si/c1-25(2,21-15-7-5-3-4-6-14-20-24(26)27)29(28,22-16-10-8-11-17-22)23-18-12-9-13-19-23/h8-13,16-19,28H,3-7,14-15,20-21H2,1-2H3,(H,26,27). The molecule has 2 N–H and O–H groups in total. The lowest BCUT2D eigenvalue weighted by atomic mass is 10.0. The van der Waals surface area contributed by atoms with Gasteiger partial charge in [0.25, 0.3) is 8.32 Å². The van der Waals surface area contributed by atoms with E-state index in [9.17, 15) is 9.59 Å². The van der Waals surface area contributed by atoms with Crippen LogP contribution in [0.4, 0.5) is 0 Å². The fourth-order valence-corrected chi connectivity index (χ4v) is 8.00. The molecule has 0 atom stereocenters. The topological polar surface area (TPSA) is 57.5 Å². The molecule has 0 aromatic heterocycles. The number of carboxylic acids is 1. The van der Waals surface area contributed by atoms with Crippen LogP contribution in [-0.4, -0.2) is 24.2 Å². The third-order valence-corrected chi connectivity index (χ3v) is 10.6. The van der Waals surface area contributed by atoms with Crippen LogP contribution in [0.25, 0.3) is 0 Å². The number of benzene rings is 2. The van der Waals surface area contributed by atoms with E-state index >= 15 is 0 Å². The number of unbranched alkanes of at least 4 members (excludes halogenated alkanes) is 6. The number of hydrogen-bond acceptors (Lipinski definition) is 2. The van der Waals surface area contributed by atoms with E-state index < -0.39 is 14.3 Å². The van der Waals surface area contributed by atoms with E-state index in [0.29, 0.717) is 0 Å². The summed E-state index contributed by atoms with van der Waals surface area (Å²) in [5, 5.41) is 10.7. The third-order valence-electron chi connectivity index (χ3n) is 6.05. The maximum atomic E-state index is 12.1. The molecule has 0 fully saturated rings. The second-order valence-electron chi connectivity index (χ2n) is 8.69. The molecule has 0 saturated carbocycles. The molecule has 0 bridgehead atoms. The summed E-state index contributed by atoms with van der Waals surface area (Å²) in [6, 6.07) is 20.4. The van der Waals surface area contributed by atoms with Crippen molar-refractivity contribution in [2.75, 3.05) is 0 Å². The summed E-state index contributed by atoms with van der Waals surface area (Å²) in [6.07, 6.45) is 8.81. The molecule has 0 spiro atoms. The number of hydrogen-bond donors (Lipinski definition) is 2. The van der Waals surface area contributed by atoms with Crippen LogP contribution in [-0.2, 0) is 4.79 Å². The van der Waals surface area contributed by atoms with Crippen molar-refractivity contribution in [3.05, 3.63) is 60.7 Å². The number of carboxylic acid groups (broad SMARTS) is 1. The van der Waals surface area contributed by atoms with E-state index in [2.05, 4.69) is 38.1 Å². The lowest BCUT2D eigenvalue weighted by Crippen LogP contribution is -2.65. The van der Waals surface area contributed by atoms with Gasteiger partial charge in [-0.1, -0.05) is 113 Å². The van der Waals surface area contributed by atoms with Gasteiger partial charge < -0.3 is 9.90 Å². The van der Waals surface area contributed by atoms with E-state index in [1.807, 2.05) is 36.4 Å². The summed E-state index contributed by atoms with van der Waals surface area (Å²) in [7, 11) is -2.88. The second-order valence-corrected chi connectivity index (χ2v) is 12.6. The molecule has 0 unspecified atom stereocenters. The Morgan fingerprint density at radius 2 is 1.17 bits per heavy atom. The Balaban J connectivity index is 1.93. The molecular weight excluding hydrogens is 376 g/mol. The van der Waals surface area contributed by atoms with Crippen molar-refractivity contribution in [2.24, 2.45) is 0 Å². The Hall–Kier alpha value is -1.91. The molecule has 0 amide bonds. The highest BCUT2D eigenvalue weighted by Gasteiger charge is 2.49. The zero-order valence-corrected chi connectivity index (χ0v) is 18.9. The van der Waals surface area contributed by atoms with Crippen LogP contribution in [0, 0.1) is 0 Å². The molecule has 2 aromatic rings. The van der Waals surface area contributed by atoms with Crippen molar-refractivity contribution in [3.8, 4) is 0 Å². The Kier molecular flexibility index (Phi) is 9.12. The van der Waals surface area contributed by atoms with Gasteiger partial charge in [0.05, 0.1) is 0 Å². The minimum absolute atomic E-state index is 0.169. The van der Waals surface area contributed by atoms with Gasteiger partial charge in [0.1, 0.15) is 0 Å². The largest absolute Gasteiger partial charge is 0.481 e. The van der Waals surface area contributed by atoms with Crippen molar-refractivity contribution in [2.45, 2.75) is 76.7 Å². The molecule has 0 radical (unpaired) electrons. The molecule has 29 heavy (non-hydrogen) atoms. The van der Waals surface area contributed by atoms with Crippen LogP contribution < -0.4 is 10.4 Å². The zero-order chi connectivity index (χ0) is 21.2. The van der Waals surface area contributed by atoms with Gasteiger partial charge in [-0.05, 0) is 28.3 Å². The average molecular weight is 413 g/mol. The van der Waals surface area contributed by atoms with E-state index in [1.54, 1.807) is 0 Å². The first-order valence-corrected chi connectivity index (χ1v) is 12.9. The van der Waals surface area contributed by atoms with Gasteiger partial charge in [-0.25, -0.2) is 0 Å². The van der Waals surface area contributed by atoms with Crippen molar-refractivity contribution >= 4 is 24.7 Å². The van der Waals surface area contributed by atoms with Gasteiger partial charge in [0.15, 0.2) is 0 Å². The van der Waals surface area contributed by atoms with Gasteiger partial charge in [0, 0.05) is 6.42 Å². The van der Waals surface area contributed by atoms with Crippen LogP contribution in [0.2, 0.25) is 5.04 Å². The van der Waals surface area contributed by atoms with Gasteiger partial charge in [-0.3, -0.25) is 4.79 Å². The summed E-state index contributed by atoms with van der Waals surface area (Å²) in [4.78, 5) is 22.7. The average Bonchev–Trinajstić information content (AvgIpc) is 2.72. The van der Waals surface area contributed by atoms with Crippen LogP contribution in [0.5, 0.6) is 0 Å². The first kappa shape index (κ1) is 23.4. The lowest BCUT2D eigenvalue weighted by Gasteiger charge is -2.41. The van der Waals surface area contributed by atoms with Gasteiger partial charge in [-0.15, -0.1) is 0 Å². The van der Waals surface area contributed by atoms with E-state index in [-0.39, 0.29) is 11.5 Å². The number of aliphatic carboxylic acids is 1. The minimum atomic E-state index is -2.88. The summed E-state index contributed by atoms with van der Waals surface area (Å²) in [5.74, 6) is -0.694. The maximum absolute atomic E-state index is 12.1. The van der Waals surface area contributed by atoms with Crippen LogP contribution in [0.1, 0.15) is 71.6 Å². The maximum Gasteiger partial charge on any atom is 0.303 e. The molecule has 0 heterocycles. The molecule has 0 aliphatic heterocycles. The molecular formula is C25H36O3Si. The third kappa shape index (κ3) is 6.55. The van der Waals surface area contributed by atoms with Crippen molar-refractivity contribution in [3.63, 3.8) is 0 Å². The molecule has 4 heteroatoms. The Morgan fingerprint density at radius 1 is 0.759 bits per heavy atom. The van der Waals surface area contributed by atoms with Crippen LogP contribution in [0.3, 0.4) is 0 Å². The molecule has 0 aliphatic carbocycles. The van der Waals surface area contributed by atoms with Crippen LogP contribution >= 0.6 is 0 Å². The number of carbonyl (C=O) groups is 1. The Bertz CT molecular complexity index is 689. The summed E-state index contributed by atoms with van der Waals surface area (Å²) in [5.41, 5.74) is 0. The summed E-state index contributed by atoms with van der Waals surface area (Å²) in [6.45, 7) is 4.45. The minimum Gasteiger partial charge on any atom is -0.481 e. The van der Waals surface area contributed by atoms with Crippen molar-refractivity contribution in [1.82, 2.24) is 0 Å². The SMILES string of the molecule is CC(C)(CCCCCCCCCC(=O)O)[Si](O)(c1ccccc1)c1ccccc1. The van der Waals surface area contributed by atoms with Gasteiger partial charge in [-0.2, -0.15) is 0 Å². The second kappa shape index (κ2) is 11.3. The highest BCUT2D eigenvalue weighted by atomic mass is 28.4. The first-order valence-electron chi connectivity index (χ1n) is 10.9. The Labute approximate surface area is 176 Å². The van der Waals surface area contributed by atoms with Crippen molar-refractivity contribution in [1.29, 1.82) is 0 Å². The molecule has 0 saturated heterocycles. The predicted molar refractivity (Wildman–Crippen MR) is 123 cm³/mol. The van der Waals surface area contributed by atoms with Gasteiger partial charge in [0.2, 0.25) is 0 Å². The highest BCUT2D eigenvalue weighted by Crippen LogP contribution is 2.40. The highest BCUT2D eigenvalue weighted by molar-refractivity contribution is 6.98. The molecule has 2 rings (SSSR count). The quantitative estimate of drug-likeness (QED) is 0.355. The van der Waals surface area contributed by atoms with Gasteiger partial charge >= 0.3 is 5.97 Å².